The van der Waals surface area contributed by atoms with Gasteiger partial charge >= 0.3 is 5.97 Å². The number of hydrogen-bond donors (Lipinski definition) is 0. The molecule has 1 heterocycles. The first-order valence-electron chi connectivity index (χ1n) is 5.46. The summed E-state index contributed by atoms with van der Waals surface area (Å²) < 4.78 is 11.4. The summed E-state index contributed by atoms with van der Waals surface area (Å²) in [5.74, 6) is 0.842. The lowest BCUT2D eigenvalue weighted by molar-refractivity contribution is -0.136. The fourth-order valence-electron chi connectivity index (χ4n) is 1.71. The van der Waals surface area contributed by atoms with Crippen LogP contribution in [0.4, 0.5) is 0 Å². The van der Waals surface area contributed by atoms with Crippen molar-refractivity contribution in [2.24, 2.45) is 5.16 Å². The molecule has 19 heavy (non-hydrogen) atoms. The van der Waals surface area contributed by atoms with Crippen molar-refractivity contribution in [3.05, 3.63) is 26.8 Å². The van der Waals surface area contributed by atoms with E-state index in [1.54, 1.807) is 33.3 Å². The molecule has 0 aliphatic carbocycles. The molecule has 5 nitrogen and oxygen atoms in total. The van der Waals surface area contributed by atoms with E-state index in [1.165, 1.54) is 0 Å². The van der Waals surface area contributed by atoms with Gasteiger partial charge in [0, 0.05) is 0 Å². The van der Waals surface area contributed by atoms with E-state index in [1.807, 2.05) is 6.07 Å². The van der Waals surface area contributed by atoms with Gasteiger partial charge in [0.25, 0.3) is 0 Å². The van der Waals surface area contributed by atoms with Crippen molar-refractivity contribution in [3.63, 3.8) is 0 Å². The Bertz CT molecular complexity index is 593. The second-order valence-corrected chi connectivity index (χ2v) is 5.01. The highest BCUT2D eigenvalue weighted by Crippen LogP contribution is 2.34. The number of benzene rings is 1. The van der Waals surface area contributed by atoms with Gasteiger partial charge in [-0.15, -0.1) is 0 Å². The van der Waals surface area contributed by atoms with E-state index in [-0.39, 0.29) is 0 Å². The van der Waals surface area contributed by atoms with E-state index in [0.29, 0.717) is 22.8 Å². The SMILES string of the molecule is COc1cc(/C=C2/C(=O)ON=C2C)cc(I)c1OC. The number of methoxy groups -OCH3 is 2. The topological polar surface area (TPSA) is 57.1 Å². The molecular weight excluding hydrogens is 361 g/mol. The smallest absolute Gasteiger partial charge is 0.367 e. The third kappa shape index (κ3) is 2.73. The average molecular weight is 373 g/mol. The molecule has 0 radical (unpaired) electrons. The lowest BCUT2D eigenvalue weighted by Gasteiger charge is -2.10. The summed E-state index contributed by atoms with van der Waals surface area (Å²) in [5, 5.41) is 3.63. The van der Waals surface area contributed by atoms with Gasteiger partial charge in [0.15, 0.2) is 11.5 Å². The number of halogens is 1. The molecule has 0 aromatic heterocycles. The van der Waals surface area contributed by atoms with Crippen molar-refractivity contribution in [2.45, 2.75) is 6.92 Å². The van der Waals surface area contributed by atoms with Crippen LogP contribution in [0.15, 0.2) is 22.9 Å². The van der Waals surface area contributed by atoms with E-state index in [0.717, 1.165) is 9.13 Å². The minimum atomic E-state index is -0.442. The average Bonchev–Trinajstić information content (AvgIpc) is 2.70. The first-order valence-corrected chi connectivity index (χ1v) is 6.54. The number of carbonyl (C=O) groups is 1. The summed E-state index contributed by atoms with van der Waals surface area (Å²) >= 11 is 2.15. The van der Waals surface area contributed by atoms with Gasteiger partial charge in [-0.25, -0.2) is 4.79 Å². The van der Waals surface area contributed by atoms with Gasteiger partial charge in [-0.1, -0.05) is 5.16 Å². The fraction of sp³-hybridized carbons (Fsp3) is 0.231. The van der Waals surface area contributed by atoms with Crippen LogP contribution in [-0.2, 0) is 9.63 Å². The lowest BCUT2D eigenvalue weighted by Crippen LogP contribution is -2.02. The van der Waals surface area contributed by atoms with Crippen molar-refractivity contribution in [1.82, 2.24) is 0 Å². The number of oxime groups is 1. The molecule has 100 valence electrons. The van der Waals surface area contributed by atoms with Crippen LogP contribution in [0, 0.1) is 3.57 Å². The van der Waals surface area contributed by atoms with Crippen molar-refractivity contribution >= 4 is 40.3 Å². The first kappa shape index (κ1) is 13.9. The highest BCUT2D eigenvalue weighted by molar-refractivity contribution is 14.1. The molecule has 1 aliphatic rings. The highest BCUT2D eigenvalue weighted by atomic mass is 127. The molecule has 6 heteroatoms. The van der Waals surface area contributed by atoms with Crippen LogP contribution in [0.3, 0.4) is 0 Å². The molecule has 0 bridgehead atoms. The van der Waals surface area contributed by atoms with Crippen molar-refractivity contribution in [3.8, 4) is 11.5 Å². The van der Waals surface area contributed by atoms with Crippen molar-refractivity contribution in [1.29, 1.82) is 0 Å². The summed E-state index contributed by atoms with van der Waals surface area (Å²) in [4.78, 5) is 16.1. The fourth-order valence-corrected chi connectivity index (χ4v) is 2.55. The molecule has 0 atom stereocenters. The highest BCUT2D eigenvalue weighted by Gasteiger charge is 2.22. The van der Waals surface area contributed by atoms with Gasteiger partial charge in [-0.05, 0) is 53.3 Å². The molecule has 0 saturated carbocycles. The van der Waals surface area contributed by atoms with Gasteiger partial charge < -0.3 is 14.3 Å². The molecule has 0 saturated heterocycles. The quantitative estimate of drug-likeness (QED) is 0.465. The summed E-state index contributed by atoms with van der Waals surface area (Å²) in [7, 11) is 3.16. The first-order chi connectivity index (χ1) is 9.06. The van der Waals surface area contributed by atoms with Crippen LogP contribution in [0.2, 0.25) is 0 Å². The predicted octanol–water partition coefficient (Wildman–Crippen LogP) is 2.62. The maximum Gasteiger partial charge on any atom is 0.367 e. The second kappa shape index (κ2) is 5.60. The van der Waals surface area contributed by atoms with Gasteiger partial charge in [-0.2, -0.15) is 0 Å². The van der Waals surface area contributed by atoms with Crippen LogP contribution >= 0.6 is 22.6 Å². The van der Waals surface area contributed by atoms with Crippen LogP contribution < -0.4 is 9.47 Å². The summed E-state index contributed by atoms with van der Waals surface area (Å²) in [5.41, 5.74) is 1.84. The zero-order chi connectivity index (χ0) is 14.0. The Hall–Kier alpha value is -1.57. The lowest BCUT2D eigenvalue weighted by atomic mass is 10.1. The summed E-state index contributed by atoms with van der Waals surface area (Å²) in [6, 6.07) is 3.70. The predicted molar refractivity (Wildman–Crippen MR) is 79.4 cm³/mol. The molecule has 2 rings (SSSR count). The van der Waals surface area contributed by atoms with Crippen LogP contribution in [0.1, 0.15) is 12.5 Å². The van der Waals surface area contributed by atoms with E-state index < -0.39 is 5.97 Å². The second-order valence-electron chi connectivity index (χ2n) is 3.85. The molecule has 1 aromatic rings. The maximum atomic E-state index is 11.5. The molecule has 0 fully saturated rings. The zero-order valence-electron chi connectivity index (χ0n) is 10.7. The summed E-state index contributed by atoms with van der Waals surface area (Å²) in [6.45, 7) is 1.72. The zero-order valence-corrected chi connectivity index (χ0v) is 12.8. The van der Waals surface area contributed by atoms with Crippen LogP contribution in [0.5, 0.6) is 11.5 Å². The van der Waals surface area contributed by atoms with E-state index in [4.69, 9.17) is 9.47 Å². The molecular formula is C13H12INO4. The van der Waals surface area contributed by atoms with Crippen molar-refractivity contribution in [2.75, 3.05) is 14.2 Å². The van der Waals surface area contributed by atoms with Gasteiger partial charge in [0.2, 0.25) is 0 Å². The molecule has 0 spiro atoms. The Kier molecular flexibility index (Phi) is 4.08. The normalized spacial score (nSPS) is 16.3. The van der Waals surface area contributed by atoms with Crippen LogP contribution in [-0.4, -0.2) is 25.9 Å². The Morgan fingerprint density at radius 2 is 2.05 bits per heavy atom. The maximum absolute atomic E-state index is 11.5. The third-order valence-corrected chi connectivity index (χ3v) is 3.44. The Labute approximate surface area is 124 Å². The van der Waals surface area contributed by atoms with Gasteiger partial charge in [0.1, 0.15) is 0 Å². The monoisotopic (exact) mass is 373 g/mol. The van der Waals surface area contributed by atoms with E-state index in [9.17, 15) is 4.79 Å². The summed E-state index contributed by atoms with van der Waals surface area (Å²) in [6.07, 6.45) is 1.72. The largest absolute Gasteiger partial charge is 0.493 e. The standard InChI is InChI=1S/C13H12INO4/c1-7-9(13(16)19-15-7)4-8-5-10(14)12(18-3)11(6-8)17-2/h4-6H,1-3H3/b9-4+. The molecule has 1 aromatic carbocycles. The molecule has 1 aliphatic heterocycles. The Morgan fingerprint density at radius 1 is 1.32 bits per heavy atom. The number of hydrogen-bond acceptors (Lipinski definition) is 5. The van der Waals surface area contributed by atoms with Crippen LogP contribution in [0.25, 0.3) is 6.08 Å². The van der Waals surface area contributed by atoms with E-state index in [2.05, 4.69) is 32.6 Å². The van der Waals surface area contributed by atoms with Gasteiger partial charge in [0.05, 0.1) is 29.1 Å². The molecule has 0 N–H and O–H groups in total. The van der Waals surface area contributed by atoms with Crippen molar-refractivity contribution < 1.29 is 19.1 Å². The van der Waals surface area contributed by atoms with E-state index >= 15 is 0 Å². The molecule has 0 amide bonds. The third-order valence-electron chi connectivity index (χ3n) is 2.64. The minimum absolute atomic E-state index is 0.442. The van der Waals surface area contributed by atoms with Gasteiger partial charge in [-0.3, -0.25) is 0 Å². The minimum Gasteiger partial charge on any atom is -0.493 e. The number of ether oxygens (including phenoxy) is 2. The Morgan fingerprint density at radius 3 is 2.58 bits per heavy atom. The number of rotatable bonds is 3. The number of nitrogens with zero attached hydrogens (tertiary/aromatic N) is 1. The molecule has 0 unspecified atom stereocenters. The Balaban J connectivity index is 2.47. The number of carbonyl (C=O) groups excluding carboxylic acids is 1.